The molecule has 0 aromatic heterocycles. The monoisotopic (exact) mass is 936 g/mol. The van der Waals surface area contributed by atoms with Gasteiger partial charge >= 0.3 is 0 Å². The molecule has 0 saturated carbocycles. The molecule has 0 unspecified atom stereocenters. The maximum absolute atomic E-state index is 10.4. The van der Waals surface area contributed by atoms with Gasteiger partial charge in [-0.2, -0.15) is 5.26 Å². The molecule has 63 heavy (non-hydrogen) atoms. The van der Waals surface area contributed by atoms with Gasteiger partial charge in [-0.05, 0) is 85.7 Å². The number of allylic oxidation sites excluding steroid dienone is 1. The van der Waals surface area contributed by atoms with E-state index >= 15 is 0 Å². The van der Waals surface area contributed by atoms with Crippen LogP contribution < -0.4 is 18.9 Å². The second kappa shape index (κ2) is 42.0. The third-order valence-electron chi connectivity index (χ3n) is 12.2. The molecule has 0 N–H and O–H groups in total. The number of hydrogen-bond donors (Lipinski definition) is 0. The van der Waals surface area contributed by atoms with Crippen molar-refractivity contribution in [2.24, 2.45) is 0 Å². The maximum Gasteiger partial charge on any atom is 0.203 e. The molecule has 0 amide bonds. The van der Waals surface area contributed by atoms with Crippen LogP contribution in [0.2, 0.25) is 0 Å². The molecule has 0 atom stereocenters. The van der Waals surface area contributed by atoms with Crippen molar-refractivity contribution in [2.45, 2.75) is 239 Å². The third-order valence-corrected chi connectivity index (χ3v) is 12.8. The molecule has 0 radical (unpaired) electrons. The Bertz CT molecular complexity index is 1350. The SMILES string of the molecule is CCCCCCCCCCCCOc1cc(/C=C(\C#N)c2ccc(OCCCCCCBr)cc2)cc(OCCCCCCCCCCCC)c1OCCCCCCCCCCCC. The topological polar surface area (TPSA) is 60.7 Å². The molecule has 2 aromatic carbocycles. The summed E-state index contributed by atoms with van der Waals surface area (Å²) in [6.07, 6.45) is 45.2. The first-order chi connectivity index (χ1) is 31.2. The van der Waals surface area contributed by atoms with Crippen molar-refractivity contribution in [3.63, 3.8) is 0 Å². The van der Waals surface area contributed by atoms with Crippen LogP contribution in [0, 0.1) is 11.3 Å². The van der Waals surface area contributed by atoms with E-state index < -0.39 is 0 Å². The highest BCUT2D eigenvalue weighted by Gasteiger charge is 2.17. The van der Waals surface area contributed by atoms with Crippen LogP contribution >= 0.6 is 15.9 Å². The van der Waals surface area contributed by atoms with Gasteiger partial charge in [0.25, 0.3) is 0 Å². The van der Waals surface area contributed by atoms with Gasteiger partial charge in [-0.25, -0.2) is 0 Å². The number of halogens is 1. The lowest BCUT2D eigenvalue weighted by Crippen LogP contribution is -2.07. The molecule has 6 heteroatoms. The largest absolute Gasteiger partial charge is 0.494 e. The Hall–Kier alpha value is -2.65. The first kappa shape index (κ1) is 56.5. The van der Waals surface area contributed by atoms with Crippen LogP contribution in [-0.2, 0) is 0 Å². The molecule has 0 aliphatic heterocycles. The number of benzene rings is 2. The number of alkyl halides is 1. The van der Waals surface area contributed by atoms with Crippen LogP contribution in [0.1, 0.15) is 250 Å². The van der Waals surface area contributed by atoms with Crippen molar-refractivity contribution >= 4 is 27.6 Å². The number of nitriles is 1. The van der Waals surface area contributed by atoms with Crippen molar-refractivity contribution in [3.8, 4) is 29.1 Å². The zero-order valence-electron chi connectivity index (χ0n) is 41.1. The van der Waals surface area contributed by atoms with Crippen molar-refractivity contribution in [1.29, 1.82) is 5.26 Å². The number of ether oxygens (including phenoxy) is 4. The molecule has 2 aromatic rings. The van der Waals surface area contributed by atoms with E-state index in [-0.39, 0.29) is 0 Å². The van der Waals surface area contributed by atoms with Gasteiger partial charge in [0.1, 0.15) is 5.75 Å². The normalized spacial score (nSPS) is 11.5. The summed E-state index contributed by atoms with van der Waals surface area (Å²) in [4.78, 5) is 0. The fraction of sp³-hybridized carbons (Fsp3) is 0.737. The highest BCUT2D eigenvalue weighted by atomic mass is 79.9. The highest BCUT2D eigenvalue weighted by Crippen LogP contribution is 2.41. The minimum atomic E-state index is 0.594. The summed E-state index contributed by atoms with van der Waals surface area (Å²) in [5.41, 5.74) is 2.35. The minimum Gasteiger partial charge on any atom is -0.494 e. The Morgan fingerprint density at radius 3 is 1.14 bits per heavy atom. The summed E-state index contributed by atoms with van der Waals surface area (Å²) in [5.74, 6) is 3.00. The number of nitrogens with zero attached hydrogens (tertiary/aromatic N) is 1. The Morgan fingerprint density at radius 2 is 0.778 bits per heavy atom. The summed E-state index contributed by atoms with van der Waals surface area (Å²) >= 11 is 3.51. The first-order valence-corrected chi connectivity index (χ1v) is 27.8. The van der Waals surface area contributed by atoms with Crippen LogP contribution in [0.4, 0.5) is 0 Å². The van der Waals surface area contributed by atoms with Gasteiger partial charge in [0.05, 0.1) is 38.1 Å². The van der Waals surface area contributed by atoms with Crippen LogP contribution in [0.15, 0.2) is 36.4 Å². The lowest BCUT2D eigenvalue weighted by atomic mass is 10.0. The van der Waals surface area contributed by atoms with E-state index in [4.69, 9.17) is 18.9 Å². The van der Waals surface area contributed by atoms with Crippen molar-refractivity contribution in [2.75, 3.05) is 31.8 Å². The van der Waals surface area contributed by atoms with Gasteiger partial charge in [0, 0.05) is 5.33 Å². The second-order valence-corrected chi connectivity index (χ2v) is 18.9. The lowest BCUT2D eigenvalue weighted by molar-refractivity contribution is 0.234. The third kappa shape index (κ3) is 30.2. The lowest BCUT2D eigenvalue weighted by Gasteiger charge is -2.18. The molecule has 0 heterocycles. The van der Waals surface area contributed by atoms with Gasteiger partial charge in [-0.15, -0.1) is 0 Å². The molecule has 2 rings (SSSR count). The predicted molar refractivity (Wildman–Crippen MR) is 276 cm³/mol. The van der Waals surface area contributed by atoms with E-state index in [1.807, 2.05) is 30.3 Å². The van der Waals surface area contributed by atoms with Gasteiger partial charge in [-0.3, -0.25) is 0 Å². The van der Waals surface area contributed by atoms with E-state index in [2.05, 4.69) is 54.9 Å². The first-order valence-electron chi connectivity index (χ1n) is 26.6. The average Bonchev–Trinajstić information content (AvgIpc) is 3.30. The smallest absolute Gasteiger partial charge is 0.203 e. The molecule has 0 fully saturated rings. The van der Waals surface area contributed by atoms with Crippen molar-refractivity contribution in [1.82, 2.24) is 0 Å². The van der Waals surface area contributed by atoms with E-state index in [1.165, 1.54) is 193 Å². The minimum absolute atomic E-state index is 0.594. The van der Waals surface area contributed by atoms with E-state index in [1.54, 1.807) is 0 Å². The molecular weight excluding hydrogens is 843 g/mol. The van der Waals surface area contributed by atoms with E-state index in [0.29, 0.717) is 32.0 Å². The summed E-state index contributed by atoms with van der Waals surface area (Å²) < 4.78 is 25.9. The molecule has 0 aliphatic carbocycles. The van der Waals surface area contributed by atoms with Gasteiger partial charge in [-0.1, -0.05) is 223 Å². The zero-order chi connectivity index (χ0) is 45.1. The van der Waals surface area contributed by atoms with E-state index in [0.717, 1.165) is 65.1 Å². The van der Waals surface area contributed by atoms with Crippen LogP contribution in [-0.4, -0.2) is 31.8 Å². The Labute approximate surface area is 397 Å². The summed E-state index contributed by atoms with van der Waals surface area (Å²) in [6, 6.07) is 14.5. The molecule has 5 nitrogen and oxygen atoms in total. The summed E-state index contributed by atoms with van der Waals surface area (Å²) in [6.45, 7) is 9.48. The Kier molecular flexibility index (Phi) is 37.7. The summed E-state index contributed by atoms with van der Waals surface area (Å²) in [7, 11) is 0. The van der Waals surface area contributed by atoms with Gasteiger partial charge < -0.3 is 18.9 Å². The Balaban J connectivity index is 2.19. The molecule has 0 spiro atoms. The van der Waals surface area contributed by atoms with Crippen LogP contribution in [0.3, 0.4) is 0 Å². The number of unbranched alkanes of at least 4 members (excludes halogenated alkanes) is 30. The highest BCUT2D eigenvalue weighted by molar-refractivity contribution is 9.09. The maximum atomic E-state index is 10.4. The molecule has 0 aliphatic rings. The fourth-order valence-electron chi connectivity index (χ4n) is 8.16. The standard InChI is InChI=1S/C57H94BrNO4/c1-4-7-10-13-16-19-22-25-29-35-44-61-55-48-51(47-53(50-59)52-38-40-54(41-39-52)60-43-34-32-28-33-42-58)49-56(62-45-36-30-26-23-20-17-14-11-8-5-2)57(55)63-46-37-31-27-24-21-18-15-12-9-6-3/h38-41,47-49H,4-37,42-46H2,1-3H3/b53-47+. The molecule has 0 bridgehead atoms. The molecule has 358 valence electrons. The van der Waals surface area contributed by atoms with Crippen molar-refractivity contribution in [3.05, 3.63) is 47.5 Å². The van der Waals surface area contributed by atoms with Gasteiger partial charge in [0.2, 0.25) is 5.75 Å². The average molecular weight is 937 g/mol. The van der Waals surface area contributed by atoms with Crippen molar-refractivity contribution < 1.29 is 18.9 Å². The molecular formula is C57H94BrNO4. The fourth-order valence-corrected chi connectivity index (χ4v) is 8.56. The van der Waals surface area contributed by atoms with Crippen LogP contribution in [0.5, 0.6) is 23.0 Å². The zero-order valence-corrected chi connectivity index (χ0v) is 42.7. The quantitative estimate of drug-likeness (QED) is 0.0287. The number of hydrogen-bond acceptors (Lipinski definition) is 5. The Morgan fingerprint density at radius 1 is 0.444 bits per heavy atom. The van der Waals surface area contributed by atoms with E-state index in [9.17, 15) is 5.26 Å². The molecule has 0 saturated heterocycles. The van der Waals surface area contributed by atoms with Crippen LogP contribution in [0.25, 0.3) is 11.6 Å². The van der Waals surface area contributed by atoms with Gasteiger partial charge in [0.15, 0.2) is 11.5 Å². The summed E-state index contributed by atoms with van der Waals surface area (Å²) in [5, 5.41) is 11.5. The second-order valence-electron chi connectivity index (χ2n) is 18.1. The predicted octanol–water partition coefficient (Wildman–Crippen LogP) is 19.0. The number of rotatable bonds is 45.